The molecule has 3 nitrogen and oxygen atoms in total. The molecular formula is C14H14FNO2. The van der Waals surface area contributed by atoms with Gasteiger partial charge in [-0.2, -0.15) is 4.99 Å². The maximum absolute atomic E-state index is 14.2. The molecule has 0 unspecified atom stereocenters. The summed E-state index contributed by atoms with van der Waals surface area (Å²) in [7, 11) is 0. The van der Waals surface area contributed by atoms with E-state index in [1.165, 1.54) is 6.07 Å². The highest BCUT2D eigenvalue weighted by atomic mass is 19.1. The van der Waals surface area contributed by atoms with Gasteiger partial charge in [0.2, 0.25) is 6.08 Å². The van der Waals surface area contributed by atoms with Gasteiger partial charge in [0.25, 0.3) is 0 Å². The van der Waals surface area contributed by atoms with Crippen LogP contribution in [0.3, 0.4) is 0 Å². The molecule has 1 aliphatic heterocycles. The Bertz CT molecular complexity index is 529. The van der Waals surface area contributed by atoms with E-state index in [2.05, 4.69) is 4.99 Å². The van der Waals surface area contributed by atoms with Crippen LogP contribution in [0.1, 0.15) is 36.8 Å². The maximum Gasteiger partial charge on any atom is 0.235 e. The molecule has 2 aliphatic rings. The molecule has 0 atom stereocenters. The molecule has 1 saturated carbocycles. The summed E-state index contributed by atoms with van der Waals surface area (Å²) in [5.74, 6) is 0.302. The van der Waals surface area contributed by atoms with Gasteiger partial charge in [0.05, 0.1) is 6.61 Å². The molecule has 1 aromatic carbocycles. The lowest BCUT2D eigenvalue weighted by molar-refractivity contribution is 0.354. The molecule has 1 aromatic rings. The van der Waals surface area contributed by atoms with Crippen LogP contribution in [-0.2, 0) is 16.8 Å². The summed E-state index contributed by atoms with van der Waals surface area (Å²) in [5.41, 5.74) is 0.857. The van der Waals surface area contributed by atoms with E-state index in [-0.39, 0.29) is 5.82 Å². The fourth-order valence-corrected chi connectivity index (χ4v) is 3.05. The number of carbonyl (C=O) groups excluding carboxylic acids is 1. The number of isocyanates is 1. The van der Waals surface area contributed by atoms with E-state index in [0.717, 1.165) is 37.7 Å². The SMILES string of the molecule is O=C=NC1(c2cc3c(cc2F)OCC3)CCCC1. The van der Waals surface area contributed by atoms with Crippen LogP contribution in [0.5, 0.6) is 5.75 Å². The lowest BCUT2D eigenvalue weighted by atomic mass is 9.87. The first kappa shape index (κ1) is 11.4. The predicted octanol–water partition coefficient (Wildman–Crippen LogP) is 2.87. The van der Waals surface area contributed by atoms with Gasteiger partial charge in [-0.05, 0) is 24.5 Å². The monoisotopic (exact) mass is 247 g/mol. The van der Waals surface area contributed by atoms with E-state index >= 15 is 0 Å². The second-order valence-electron chi connectivity index (χ2n) is 4.98. The van der Waals surface area contributed by atoms with Crippen LogP contribution >= 0.6 is 0 Å². The Morgan fingerprint density at radius 2 is 2.11 bits per heavy atom. The normalized spacial score (nSPS) is 20.1. The van der Waals surface area contributed by atoms with Gasteiger partial charge in [-0.15, -0.1) is 0 Å². The Labute approximate surface area is 105 Å². The molecule has 1 aliphatic carbocycles. The quantitative estimate of drug-likeness (QED) is 0.595. The van der Waals surface area contributed by atoms with Gasteiger partial charge >= 0.3 is 0 Å². The van der Waals surface area contributed by atoms with E-state index < -0.39 is 5.54 Å². The zero-order chi connectivity index (χ0) is 12.6. The highest BCUT2D eigenvalue weighted by Crippen LogP contribution is 2.44. The number of benzene rings is 1. The maximum atomic E-state index is 14.2. The Balaban J connectivity index is 2.12. The van der Waals surface area contributed by atoms with Gasteiger partial charge in [0, 0.05) is 18.1 Å². The molecule has 94 valence electrons. The molecule has 0 aromatic heterocycles. The Kier molecular flexibility index (Phi) is 2.67. The molecule has 0 N–H and O–H groups in total. The molecule has 0 spiro atoms. The van der Waals surface area contributed by atoms with E-state index in [4.69, 9.17) is 4.74 Å². The molecular weight excluding hydrogens is 233 g/mol. The molecule has 0 bridgehead atoms. The topological polar surface area (TPSA) is 38.7 Å². The minimum atomic E-state index is -0.691. The number of ether oxygens (including phenoxy) is 1. The Morgan fingerprint density at radius 3 is 2.83 bits per heavy atom. The van der Waals surface area contributed by atoms with Crippen LogP contribution < -0.4 is 4.74 Å². The van der Waals surface area contributed by atoms with Crippen molar-refractivity contribution >= 4 is 6.08 Å². The van der Waals surface area contributed by atoms with Gasteiger partial charge in [-0.3, -0.25) is 0 Å². The van der Waals surface area contributed by atoms with Crippen LogP contribution in [0.15, 0.2) is 17.1 Å². The third-order valence-electron chi connectivity index (χ3n) is 3.97. The third-order valence-corrected chi connectivity index (χ3v) is 3.97. The summed E-state index contributed by atoms with van der Waals surface area (Å²) in [6.45, 7) is 0.599. The molecule has 18 heavy (non-hydrogen) atoms. The summed E-state index contributed by atoms with van der Waals surface area (Å²) in [6.07, 6.45) is 5.80. The average molecular weight is 247 g/mol. The van der Waals surface area contributed by atoms with Crippen molar-refractivity contribution in [1.82, 2.24) is 0 Å². The van der Waals surface area contributed by atoms with Crippen LogP contribution in [0.2, 0.25) is 0 Å². The van der Waals surface area contributed by atoms with E-state index in [0.29, 0.717) is 17.9 Å². The summed E-state index contributed by atoms with van der Waals surface area (Å²) in [6, 6.07) is 3.25. The molecule has 1 heterocycles. The standard InChI is InChI=1S/C14H14FNO2/c15-12-8-13-10(3-6-18-13)7-11(12)14(16-9-17)4-1-2-5-14/h7-8H,1-6H2. The molecule has 4 heteroatoms. The van der Waals surface area contributed by atoms with Crippen LogP contribution in [0, 0.1) is 5.82 Å². The van der Waals surface area contributed by atoms with Gasteiger partial charge in [-0.25, -0.2) is 9.18 Å². The second-order valence-corrected chi connectivity index (χ2v) is 4.98. The summed E-state index contributed by atoms with van der Waals surface area (Å²) in [4.78, 5) is 14.6. The minimum absolute atomic E-state index is 0.323. The van der Waals surface area contributed by atoms with Crippen molar-refractivity contribution in [2.24, 2.45) is 4.99 Å². The van der Waals surface area contributed by atoms with E-state index in [1.807, 2.05) is 6.07 Å². The molecule has 0 saturated heterocycles. The average Bonchev–Trinajstić information content (AvgIpc) is 2.97. The van der Waals surface area contributed by atoms with Crippen molar-refractivity contribution in [2.45, 2.75) is 37.6 Å². The first-order chi connectivity index (χ1) is 8.75. The molecule has 3 rings (SSSR count). The molecule has 1 fully saturated rings. The van der Waals surface area contributed by atoms with Crippen LogP contribution in [0.25, 0.3) is 0 Å². The lowest BCUT2D eigenvalue weighted by Crippen LogP contribution is -2.21. The van der Waals surface area contributed by atoms with Crippen molar-refractivity contribution in [1.29, 1.82) is 0 Å². The highest BCUT2D eigenvalue weighted by molar-refractivity contribution is 5.45. The summed E-state index contributed by atoms with van der Waals surface area (Å²) >= 11 is 0. The number of nitrogens with zero attached hydrogens (tertiary/aromatic N) is 1. The van der Waals surface area contributed by atoms with Crippen LogP contribution in [0.4, 0.5) is 4.39 Å². The summed E-state index contributed by atoms with van der Waals surface area (Å²) < 4.78 is 19.5. The van der Waals surface area contributed by atoms with Gasteiger partial charge in [0.1, 0.15) is 17.1 Å². The van der Waals surface area contributed by atoms with Crippen LogP contribution in [-0.4, -0.2) is 12.7 Å². The fraction of sp³-hybridized carbons (Fsp3) is 0.500. The predicted molar refractivity (Wildman–Crippen MR) is 63.9 cm³/mol. The van der Waals surface area contributed by atoms with Gasteiger partial charge < -0.3 is 4.74 Å². The van der Waals surface area contributed by atoms with E-state index in [9.17, 15) is 9.18 Å². The zero-order valence-corrected chi connectivity index (χ0v) is 10.0. The minimum Gasteiger partial charge on any atom is -0.493 e. The second kappa shape index (κ2) is 4.21. The number of halogens is 1. The van der Waals surface area contributed by atoms with Crippen molar-refractivity contribution in [3.8, 4) is 5.75 Å². The zero-order valence-electron chi connectivity index (χ0n) is 10.0. The van der Waals surface area contributed by atoms with Gasteiger partial charge in [0.15, 0.2) is 0 Å². The number of fused-ring (bicyclic) bond motifs is 1. The first-order valence-corrected chi connectivity index (χ1v) is 6.30. The fourth-order valence-electron chi connectivity index (χ4n) is 3.05. The number of rotatable bonds is 2. The number of hydrogen-bond donors (Lipinski definition) is 0. The molecule has 0 radical (unpaired) electrons. The number of aliphatic imine (C=N–C) groups is 1. The van der Waals surface area contributed by atoms with Crippen molar-refractivity contribution in [3.05, 3.63) is 29.1 Å². The third kappa shape index (κ3) is 1.65. The number of hydrogen-bond acceptors (Lipinski definition) is 3. The smallest absolute Gasteiger partial charge is 0.235 e. The Morgan fingerprint density at radius 1 is 1.33 bits per heavy atom. The largest absolute Gasteiger partial charge is 0.493 e. The van der Waals surface area contributed by atoms with Crippen molar-refractivity contribution < 1.29 is 13.9 Å². The highest BCUT2D eigenvalue weighted by Gasteiger charge is 2.38. The Hall–Kier alpha value is -1.67. The van der Waals surface area contributed by atoms with Crippen molar-refractivity contribution in [3.63, 3.8) is 0 Å². The lowest BCUT2D eigenvalue weighted by Gasteiger charge is -2.24. The van der Waals surface area contributed by atoms with Crippen molar-refractivity contribution in [2.75, 3.05) is 6.61 Å². The van der Waals surface area contributed by atoms with E-state index in [1.54, 1.807) is 6.08 Å². The van der Waals surface area contributed by atoms with Gasteiger partial charge in [-0.1, -0.05) is 12.8 Å². The first-order valence-electron chi connectivity index (χ1n) is 6.30. The molecule has 0 amide bonds. The summed E-state index contributed by atoms with van der Waals surface area (Å²) in [5, 5.41) is 0.